The lowest BCUT2D eigenvalue weighted by Gasteiger charge is -2.37. The minimum Gasteiger partial charge on any atom is -0.310 e. The number of hydrogen-bond donors (Lipinski definition) is 1. The summed E-state index contributed by atoms with van der Waals surface area (Å²) in [6, 6.07) is 0.737. The molecule has 102 valence electrons. The average molecular weight is 258 g/mol. The molecule has 0 saturated carbocycles. The van der Waals surface area contributed by atoms with Crippen LogP contribution in [0.1, 0.15) is 46.0 Å². The van der Waals surface area contributed by atoms with Crippen molar-refractivity contribution in [3.05, 3.63) is 0 Å². The van der Waals surface area contributed by atoms with Crippen LogP contribution in [0.4, 0.5) is 0 Å². The molecule has 2 atom stereocenters. The van der Waals surface area contributed by atoms with E-state index in [-0.39, 0.29) is 0 Å². The van der Waals surface area contributed by atoms with E-state index in [1.54, 1.807) is 0 Å². The highest BCUT2D eigenvalue weighted by atomic mass is 32.2. The second-order valence-corrected chi connectivity index (χ2v) is 6.40. The van der Waals surface area contributed by atoms with Crippen molar-refractivity contribution in [1.82, 2.24) is 10.2 Å². The molecule has 1 N–H and O–H groups in total. The number of nitrogens with one attached hydrogen (secondary N) is 1. The van der Waals surface area contributed by atoms with Gasteiger partial charge in [0.15, 0.2) is 0 Å². The van der Waals surface area contributed by atoms with Gasteiger partial charge in [0.1, 0.15) is 0 Å². The highest BCUT2D eigenvalue weighted by molar-refractivity contribution is 7.98. The largest absolute Gasteiger partial charge is 0.310 e. The smallest absolute Gasteiger partial charge is 0.0309 e. The van der Waals surface area contributed by atoms with Gasteiger partial charge in [-0.05, 0) is 45.5 Å². The Morgan fingerprint density at radius 3 is 2.65 bits per heavy atom. The number of thioether (sulfide) groups is 1. The topological polar surface area (TPSA) is 15.3 Å². The summed E-state index contributed by atoms with van der Waals surface area (Å²) in [4.78, 5) is 2.59. The van der Waals surface area contributed by atoms with Crippen molar-refractivity contribution in [3.8, 4) is 0 Å². The third-order valence-corrected chi connectivity index (χ3v) is 4.78. The minimum atomic E-state index is 0.412. The molecular formula is C14H30N2S. The summed E-state index contributed by atoms with van der Waals surface area (Å²) >= 11 is 1.97. The van der Waals surface area contributed by atoms with Gasteiger partial charge in [0, 0.05) is 23.9 Å². The van der Waals surface area contributed by atoms with E-state index in [2.05, 4.69) is 37.4 Å². The summed E-state index contributed by atoms with van der Waals surface area (Å²) in [6.45, 7) is 7.06. The van der Waals surface area contributed by atoms with Crippen molar-refractivity contribution in [2.45, 2.75) is 57.5 Å². The molecule has 2 nitrogen and oxygen atoms in total. The number of rotatable bonds is 8. The fourth-order valence-corrected chi connectivity index (χ4v) is 4.01. The number of hydrogen-bond acceptors (Lipinski definition) is 3. The molecule has 0 radical (unpaired) electrons. The molecule has 3 heteroatoms. The average Bonchev–Trinajstić information content (AvgIpc) is 2.74. The Balaban J connectivity index is 2.53. The van der Waals surface area contributed by atoms with Gasteiger partial charge < -0.3 is 10.2 Å². The van der Waals surface area contributed by atoms with Gasteiger partial charge in [-0.2, -0.15) is 11.8 Å². The Hall–Kier alpha value is 0.270. The van der Waals surface area contributed by atoms with Crippen LogP contribution in [-0.2, 0) is 0 Å². The molecule has 1 saturated heterocycles. The summed E-state index contributed by atoms with van der Waals surface area (Å²) < 4.78 is 0. The zero-order valence-corrected chi connectivity index (χ0v) is 12.9. The maximum atomic E-state index is 3.77. The van der Waals surface area contributed by atoms with Gasteiger partial charge in [-0.3, -0.25) is 0 Å². The van der Waals surface area contributed by atoms with E-state index in [0.29, 0.717) is 5.54 Å². The van der Waals surface area contributed by atoms with E-state index in [0.717, 1.165) is 6.04 Å². The van der Waals surface area contributed by atoms with Crippen molar-refractivity contribution in [2.75, 3.05) is 32.1 Å². The van der Waals surface area contributed by atoms with Gasteiger partial charge >= 0.3 is 0 Å². The molecule has 1 aliphatic heterocycles. The quantitative estimate of drug-likeness (QED) is 0.720. The van der Waals surface area contributed by atoms with Crippen LogP contribution in [0.3, 0.4) is 0 Å². The Morgan fingerprint density at radius 1 is 1.41 bits per heavy atom. The Labute approximate surface area is 112 Å². The first-order chi connectivity index (χ1) is 8.17. The molecule has 0 spiro atoms. The van der Waals surface area contributed by atoms with Crippen LogP contribution in [0.5, 0.6) is 0 Å². The van der Waals surface area contributed by atoms with Crippen LogP contribution in [0.25, 0.3) is 0 Å². The summed E-state index contributed by atoms with van der Waals surface area (Å²) in [5, 5.41) is 3.77. The third kappa shape index (κ3) is 4.46. The molecule has 1 fully saturated rings. The van der Waals surface area contributed by atoms with E-state index >= 15 is 0 Å². The van der Waals surface area contributed by atoms with Gasteiger partial charge in [0.05, 0.1) is 0 Å². The first-order valence-electron chi connectivity index (χ1n) is 7.11. The molecule has 0 bridgehead atoms. The van der Waals surface area contributed by atoms with Crippen LogP contribution in [0.15, 0.2) is 0 Å². The van der Waals surface area contributed by atoms with E-state index in [1.807, 2.05) is 11.8 Å². The second kappa shape index (κ2) is 7.65. The third-order valence-electron chi connectivity index (χ3n) is 4.07. The van der Waals surface area contributed by atoms with Gasteiger partial charge in [0.25, 0.3) is 0 Å². The number of nitrogens with zero attached hydrogens (tertiary/aromatic N) is 1. The predicted octanol–water partition coefficient (Wildman–Crippen LogP) is 2.98. The maximum absolute atomic E-state index is 3.77. The van der Waals surface area contributed by atoms with Gasteiger partial charge in [0.2, 0.25) is 0 Å². The Morgan fingerprint density at radius 2 is 2.18 bits per heavy atom. The van der Waals surface area contributed by atoms with Crippen LogP contribution in [0, 0.1) is 0 Å². The van der Waals surface area contributed by atoms with E-state index < -0.39 is 0 Å². The molecule has 0 amide bonds. The van der Waals surface area contributed by atoms with Crippen LogP contribution < -0.4 is 5.32 Å². The fourth-order valence-electron chi connectivity index (χ4n) is 3.13. The van der Waals surface area contributed by atoms with Crippen LogP contribution in [0.2, 0.25) is 0 Å². The summed E-state index contributed by atoms with van der Waals surface area (Å²) in [6.07, 6.45) is 8.81. The van der Waals surface area contributed by atoms with Crippen molar-refractivity contribution in [1.29, 1.82) is 0 Å². The molecule has 17 heavy (non-hydrogen) atoms. The minimum absolute atomic E-state index is 0.412. The number of likely N-dealkylation sites (N-methyl/N-ethyl adjacent to an activating group) is 1. The first-order valence-corrected chi connectivity index (χ1v) is 8.51. The SMILES string of the molecule is CCCC1(CN(C)C(CC)CSC)CCCN1. The molecule has 1 aliphatic rings. The Bertz CT molecular complexity index is 202. The summed E-state index contributed by atoms with van der Waals surface area (Å²) in [7, 11) is 2.31. The molecule has 2 unspecified atom stereocenters. The normalized spacial score (nSPS) is 26.6. The van der Waals surface area contributed by atoms with Gasteiger partial charge in [-0.25, -0.2) is 0 Å². The fraction of sp³-hybridized carbons (Fsp3) is 1.00. The summed E-state index contributed by atoms with van der Waals surface area (Å²) in [5.74, 6) is 1.26. The van der Waals surface area contributed by atoms with Gasteiger partial charge in [-0.15, -0.1) is 0 Å². The molecule has 0 aromatic heterocycles. The molecule has 0 aromatic rings. The molecule has 0 aromatic carbocycles. The lowest BCUT2D eigenvalue weighted by molar-refractivity contribution is 0.173. The highest BCUT2D eigenvalue weighted by Crippen LogP contribution is 2.26. The van der Waals surface area contributed by atoms with E-state index in [4.69, 9.17) is 0 Å². The predicted molar refractivity (Wildman–Crippen MR) is 80.0 cm³/mol. The molecule has 1 heterocycles. The van der Waals surface area contributed by atoms with Crippen molar-refractivity contribution >= 4 is 11.8 Å². The highest BCUT2D eigenvalue weighted by Gasteiger charge is 2.34. The van der Waals surface area contributed by atoms with E-state index in [9.17, 15) is 0 Å². The first kappa shape index (κ1) is 15.3. The second-order valence-electron chi connectivity index (χ2n) is 5.49. The summed E-state index contributed by atoms with van der Waals surface area (Å²) in [5.41, 5.74) is 0.412. The standard InChI is InChI=1S/C14H30N2S/c1-5-8-14(9-7-10-15-14)12-16(3)13(6-2)11-17-4/h13,15H,5-12H2,1-4H3. The zero-order valence-electron chi connectivity index (χ0n) is 12.1. The van der Waals surface area contributed by atoms with Crippen molar-refractivity contribution < 1.29 is 0 Å². The van der Waals surface area contributed by atoms with Gasteiger partial charge in [-0.1, -0.05) is 20.3 Å². The van der Waals surface area contributed by atoms with E-state index in [1.165, 1.54) is 50.9 Å². The van der Waals surface area contributed by atoms with Crippen molar-refractivity contribution in [2.24, 2.45) is 0 Å². The molecule has 0 aliphatic carbocycles. The van der Waals surface area contributed by atoms with Crippen molar-refractivity contribution in [3.63, 3.8) is 0 Å². The monoisotopic (exact) mass is 258 g/mol. The lowest BCUT2D eigenvalue weighted by atomic mass is 9.91. The van der Waals surface area contributed by atoms with Crippen LogP contribution in [-0.4, -0.2) is 48.6 Å². The van der Waals surface area contributed by atoms with Crippen LogP contribution >= 0.6 is 11.8 Å². The lowest BCUT2D eigenvalue weighted by Crippen LogP contribution is -2.51. The molecular weight excluding hydrogens is 228 g/mol. The maximum Gasteiger partial charge on any atom is 0.0309 e. The zero-order chi connectivity index (χ0) is 12.7. The molecule has 1 rings (SSSR count). The Kier molecular flexibility index (Phi) is 6.90.